The van der Waals surface area contributed by atoms with Crippen molar-refractivity contribution in [3.8, 4) is 0 Å². The largest absolute Gasteiger partial charge is 0.323 e. The fourth-order valence-corrected chi connectivity index (χ4v) is 2.82. The molecule has 0 spiro atoms. The standard InChI is InChI=1S/C12H12Cl2N2S/c1-7(15)11-6-16-12(17-11)4-8-2-3-9(13)5-10(8)14/h2-3,5-7H,4,15H2,1H3. The Hall–Kier alpha value is -0.610. The summed E-state index contributed by atoms with van der Waals surface area (Å²) in [5, 5.41) is 2.34. The van der Waals surface area contributed by atoms with Gasteiger partial charge >= 0.3 is 0 Å². The molecular formula is C12H12Cl2N2S. The molecule has 17 heavy (non-hydrogen) atoms. The lowest BCUT2D eigenvalue weighted by molar-refractivity contribution is 0.835. The summed E-state index contributed by atoms with van der Waals surface area (Å²) in [5.74, 6) is 0. The van der Waals surface area contributed by atoms with Gasteiger partial charge in [-0.15, -0.1) is 11.3 Å². The van der Waals surface area contributed by atoms with E-state index in [0.29, 0.717) is 16.5 Å². The van der Waals surface area contributed by atoms with E-state index in [4.69, 9.17) is 28.9 Å². The summed E-state index contributed by atoms with van der Waals surface area (Å²) < 4.78 is 0. The molecule has 5 heteroatoms. The van der Waals surface area contributed by atoms with Crippen molar-refractivity contribution in [3.05, 3.63) is 49.9 Å². The average molecular weight is 287 g/mol. The van der Waals surface area contributed by atoms with Crippen LogP contribution in [0, 0.1) is 0 Å². The lowest BCUT2D eigenvalue weighted by atomic mass is 10.1. The Morgan fingerprint density at radius 2 is 2.18 bits per heavy atom. The van der Waals surface area contributed by atoms with Crippen molar-refractivity contribution >= 4 is 34.5 Å². The van der Waals surface area contributed by atoms with Gasteiger partial charge in [0, 0.05) is 33.6 Å². The van der Waals surface area contributed by atoms with Crippen molar-refractivity contribution in [2.45, 2.75) is 19.4 Å². The van der Waals surface area contributed by atoms with Crippen LogP contribution < -0.4 is 5.73 Å². The van der Waals surface area contributed by atoms with Gasteiger partial charge in [0.1, 0.15) is 0 Å². The van der Waals surface area contributed by atoms with Gasteiger partial charge < -0.3 is 5.73 Å². The van der Waals surface area contributed by atoms with Crippen molar-refractivity contribution in [2.24, 2.45) is 5.73 Å². The number of benzene rings is 1. The van der Waals surface area contributed by atoms with E-state index in [2.05, 4.69) is 4.98 Å². The third kappa shape index (κ3) is 3.19. The molecule has 0 saturated carbocycles. The molecule has 0 radical (unpaired) electrons. The normalized spacial score (nSPS) is 12.7. The molecule has 1 unspecified atom stereocenters. The highest BCUT2D eigenvalue weighted by molar-refractivity contribution is 7.11. The predicted molar refractivity (Wildman–Crippen MR) is 74.0 cm³/mol. The Kier molecular flexibility index (Phi) is 4.05. The first-order valence-electron chi connectivity index (χ1n) is 5.20. The first kappa shape index (κ1) is 12.8. The molecule has 2 nitrogen and oxygen atoms in total. The van der Waals surface area contributed by atoms with Crippen molar-refractivity contribution in [1.82, 2.24) is 4.98 Å². The van der Waals surface area contributed by atoms with Crippen LogP contribution in [0.15, 0.2) is 24.4 Å². The van der Waals surface area contributed by atoms with Crippen molar-refractivity contribution in [3.63, 3.8) is 0 Å². The van der Waals surface area contributed by atoms with Crippen LogP contribution in [-0.2, 0) is 6.42 Å². The van der Waals surface area contributed by atoms with Crippen LogP contribution in [0.25, 0.3) is 0 Å². The third-order valence-corrected chi connectivity index (χ3v) is 4.16. The molecule has 90 valence electrons. The Balaban J connectivity index is 2.19. The SMILES string of the molecule is CC(N)c1cnc(Cc2ccc(Cl)cc2Cl)s1. The van der Waals surface area contributed by atoms with Crippen molar-refractivity contribution < 1.29 is 0 Å². The average Bonchev–Trinajstić information content (AvgIpc) is 2.71. The molecule has 0 aliphatic rings. The highest BCUT2D eigenvalue weighted by Crippen LogP contribution is 2.26. The molecule has 0 amide bonds. The van der Waals surface area contributed by atoms with Crippen molar-refractivity contribution in [2.75, 3.05) is 0 Å². The fraction of sp³-hybridized carbons (Fsp3) is 0.250. The lowest BCUT2D eigenvalue weighted by Crippen LogP contribution is -2.01. The topological polar surface area (TPSA) is 38.9 Å². The molecule has 2 N–H and O–H groups in total. The van der Waals surface area contributed by atoms with Crippen LogP contribution >= 0.6 is 34.5 Å². The van der Waals surface area contributed by atoms with Gasteiger partial charge in [-0.05, 0) is 24.6 Å². The number of halogens is 2. The number of rotatable bonds is 3. The van der Waals surface area contributed by atoms with E-state index in [9.17, 15) is 0 Å². The summed E-state index contributed by atoms with van der Waals surface area (Å²) in [6.45, 7) is 1.95. The molecular weight excluding hydrogens is 275 g/mol. The van der Waals surface area contributed by atoms with E-state index in [1.54, 1.807) is 17.4 Å². The minimum atomic E-state index is 0.0296. The Morgan fingerprint density at radius 3 is 2.76 bits per heavy atom. The number of aromatic nitrogens is 1. The Morgan fingerprint density at radius 1 is 1.41 bits per heavy atom. The smallest absolute Gasteiger partial charge is 0.0972 e. The van der Waals surface area contributed by atoms with Crippen LogP contribution in [0.3, 0.4) is 0 Å². The van der Waals surface area contributed by atoms with Crippen LogP contribution in [0.2, 0.25) is 10.0 Å². The molecule has 0 bridgehead atoms. The van der Waals surface area contributed by atoms with Crippen LogP contribution in [0.4, 0.5) is 0 Å². The molecule has 2 rings (SSSR count). The number of nitrogens with two attached hydrogens (primary N) is 1. The fourth-order valence-electron chi connectivity index (χ4n) is 1.44. The summed E-state index contributed by atoms with van der Waals surface area (Å²) in [6.07, 6.45) is 2.54. The van der Waals surface area contributed by atoms with Crippen LogP contribution in [0.1, 0.15) is 28.4 Å². The van der Waals surface area contributed by atoms with E-state index < -0.39 is 0 Å². The summed E-state index contributed by atoms with van der Waals surface area (Å²) >= 11 is 13.6. The number of nitrogens with zero attached hydrogens (tertiary/aromatic N) is 1. The van der Waals surface area contributed by atoms with Crippen LogP contribution in [-0.4, -0.2) is 4.98 Å². The maximum atomic E-state index is 6.12. The summed E-state index contributed by atoms with van der Waals surface area (Å²) in [5.41, 5.74) is 6.83. The first-order chi connectivity index (χ1) is 8.06. The lowest BCUT2D eigenvalue weighted by Gasteiger charge is -2.02. The molecule has 1 heterocycles. The second kappa shape index (κ2) is 5.36. The molecule has 0 fully saturated rings. The van der Waals surface area contributed by atoms with E-state index in [-0.39, 0.29) is 6.04 Å². The molecule has 1 aromatic heterocycles. The zero-order valence-electron chi connectivity index (χ0n) is 9.28. The second-order valence-corrected chi connectivity index (χ2v) is 5.85. The maximum Gasteiger partial charge on any atom is 0.0972 e. The molecule has 1 aromatic carbocycles. The monoisotopic (exact) mass is 286 g/mol. The number of thiazole rings is 1. The van der Waals surface area contributed by atoms with E-state index in [0.717, 1.165) is 15.4 Å². The highest BCUT2D eigenvalue weighted by Gasteiger charge is 2.08. The van der Waals surface area contributed by atoms with Gasteiger partial charge in [-0.1, -0.05) is 29.3 Å². The molecule has 1 atom stereocenters. The van der Waals surface area contributed by atoms with Gasteiger partial charge in [-0.3, -0.25) is 0 Å². The van der Waals surface area contributed by atoms with Gasteiger partial charge in [-0.2, -0.15) is 0 Å². The summed E-state index contributed by atoms with van der Waals surface area (Å²) in [4.78, 5) is 5.43. The first-order valence-corrected chi connectivity index (χ1v) is 6.77. The van der Waals surface area contributed by atoms with Gasteiger partial charge in [-0.25, -0.2) is 4.98 Å². The zero-order valence-corrected chi connectivity index (χ0v) is 11.6. The van der Waals surface area contributed by atoms with Crippen molar-refractivity contribution in [1.29, 1.82) is 0 Å². The molecule has 2 aromatic rings. The molecule has 0 saturated heterocycles. The third-order valence-electron chi connectivity index (χ3n) is 2.38. The quantitative estimate of drug-likeness (QED) is 0.924. The van der Waals surface area contributed by atoms with Gasteiger partial charge in [0.25, 0.3) is 0 Å². The van der Waals surface area contributed by atoms with E-state index in [1.165, 1.54) is 0 Å². The van der Waals surface area contributed by atoms with Gasteiger partial charge in [0.05, 0.1) is 5.01 Å². The van der Waals surface area contributed by atoms with Gasteiger partial charge in [0.15, 0.2) is 0 Å². The maximum absolute atomic E-state index is 6.12. The summed E-state index contributed by atoms with van der Waals surface area (Å²) in [6, 6.07) is 5.54. The second-order valence-electron chi connectivity index (χ2n) is 3.86. The van der Waals surface area contributed by atoms with E-state index >= 15 is 0 Å². The predicted octanol–water partition coefficient (Wildman–Crippen LogP) is 4.06. The Bertz CT molecular complexity index is 523. The summed E-state index contributed by atoms with van der Waals surface area (Å²) in [7, 11) is 0. The Labute approximate surface area is 114 Å². The zero-order chi connectivity index (χ0) is 12.4. The molecule has 0 aliphatic carbocycles. The number of hydrogen-bond acceptors (Lipinski definition) is 3. The molecule has 0 aliphatic heterocycles. The minimum Gasteiger partial charge on any atom is -0.323 e. The van der Waals surface area contributed by atoms with E-state index in [1.807, 2.05) is 25.3 Å². The van der Waals surface area contributed by atoms with Gasteiger partial charge in [0.2, 0.25) is 0 Å². The number of hydrogen-bond donors (Lipinski definition) is 1. The highest BCUT2D eigenvalue weighted by atomic mass is 35.5. The minimum absolute atomic E-state index is 0.0296. The van der Waals surface area contributed by atoms with Crippen LogP contribution in [0.5, 0.6) is 0 Å².